The fraction of sp³-hybridized carbons (Fsp3) is 0.565. The van der Waals surface area contributed by atoms with Gasteiger partial charge in [0.25, 0.3) is 0 Å². The van der Waals surface area contributed by atoms with Crippen LogP contribution in [0, 0.1) is 5.92 Å². The average Bonchev–Trinajstić information content (AvgIpc) is 2.80. The number of carboxylic acids is 1. The molecule has 10 nitrogen and oxygen atoms in total. The van der Waals surface area contributed by atoms with Gasteiger partial charge in [-0.15, -0.1) is 0 Å². The van der Waals surface area contributed by atoms with Gasteiger partial charge in [-0.3, -0.25) is 14.4 Å². The molecule has 0 aliphatic heterocycles. The fourth-order valence-electron chi connectivity index (χ4n) is 3.18. The number of hydrogen-bond acceptors (Lipinski definition) is 6. The van der Waals surface area contributed by atoms with Crippen molar-refractivity contribution in [1.29, 1.82) is 0 Å². The fourth-order valence-corrected chi connectivity index (χ4v) is 3.18. The molecule has 1 aromatic carbocycles. The van der Waals surface area contributed by atoms with Gasteiger partial charge < -0.3 is 32.5 Å². The van der Waals surface area contributed by atoms with Crippen LogP contribution in [-0.2, 0) is 25.6 Å². The largest absolute Gasteiger partial charge is 0.480 e. The lowest BCUT2D eigenvalue weighted by molar-refractivity contribution is -0.143. The zero-order chi connectivity index (χ0) is 24.8. The van der Waals surface area contributed by atoms with Crippen molar-refractivity contribution in [3.8, 4) is 0 Å². The molecule has 0 heterocycles. The minimum absolute atomic E-state index is 0.164. The highest BCUT2D eigenvalue weighted by atomic mass is 16.4. The molecular formula is C23H37N5O5. The summed E-state index contributed by atoms with van der Waals surface area (Å²) in [6.07, 6.45) is 2.64. The van der Waals surface area contributed by atoms with E-state index in [0.29, 0.717) is 25.8 Å². The van der Waals surface area contributed by atoms with Crippen LogP contribution in [0.4, 0.5) is 0 Å². The Labute approximate surface area is 194 Å². The minimum atomic E-state index is -1.14. The molecule has 0 radical (unpaired) electrons. The van der Waals surface area contributed by atoms with Gasteiger partial charge >= 0.3 is 5.97 Å². The highest BCUT2D eigenvalue weighted by Crippen LogP contribution is 2.10. The second kappa shape index (κ2) is 15.0. The van der Waals surface area contributed by atoms with Gasteiger partial charge in [-0.2, -0.15) is 0 Å². The summed E-state index contributed by atoms with van der Waals surface area (Å²) in [4.78, 5) is 49.1. The van der Waals surface area contributed by atoms with Crippen LogP contribution >= 0.6 is 0 Å². The Balaban J connectivity index is 2.79. The Hall–Kier alpha value is -2.98. The van der Waals surface area contributed by atoms with Gasteiger partial charge in [0.1, 0.15) is 12.1 Å². The van der Waals surface area contributed by atoms with Gasteiger partial charge in [0, 0.05) is 6.42 Å². The molecule has 184 valence electrons. The van der Waals surface area contributed by atoms with E-state index in [1.54, 1.807) is 31.2 Å². The third kappa shape index (κ3) is 10.5. The topological polar surface area (TPSA) is 177 Å². The zero-order valence-electron chi connectivity index (χ0n) is 19.4. The minimum Gasteiger partial charge on any atom is -0.480 e. The van der Waals surface area contributed by atoms with E-state index in [2.05, 4.69) is 16.0 Å². The normalized spacial score (nSPS) is 14.4. The molecule has 0 bridgehead atoms. The Morgan fingerprint density at radius 2 is 1.70 bits per heavy atom. The molecule has 4 unspecified atom stereocenters. The predicted octanol–water partition coefficient (Wildman–Crippen LogP) is -0.0981. The Morgan fingerprint density at radius 3 is 2.27 bits per heavy atom. The van der Waals surface area contributed by atoms with E-state index in [1.807, 2.05) is 13.0 Å². The number of nitrogens with two attached hydrogens (primary N) is 2. The number of nitrogens with one attached hydrogen (secondary N) is 3. The van der Waals surface area contributed by atoms with Crippen LogP contribution in [0.2, 0.25) is 0 Å². The van der Waals surface area contributed by atoms with E-state index in [4.69, 9.17) is 11.5 Å². The van der Waals surface area contributed by atoms with Crippen LogP contribution in [0.15, 0.2) is 30.3 Å². The van der Waals surface area contributed by atoms with Gasteiger partial charge in [-0.25, -0.2) is 4.79 Å². The summed E-state index contributed by atoms with van der Waals surface area (Å²) in [7, 11) is 0. The number of benzene rings is 1. The maximum atomic E-state index is 12.9. The molecule has 0 saturated carbocycles. The SMILES string of the molecule is CCC(C)C(NC(=O)C(Cc1ccccc1)NC(=O)CNC(=O)C(N)CCCCN)C(=O)O. The summed E-state index contributed by atoms with van der Waals surface area (Å²) in [5, 5.41) is 17.1. The zero-order valence-corrected chi connectivity index (χ0v) is 19.4. The highest BCUT2D eigenvalue weighted by Gasteiger charge is 2.29. The number of amides is 3. The van der Waals surface area contributed by atoms with Crippen molar-refractivity contribution in [3.63, 3.8) is 0 Å². The lowest BCUT2D eigenvalue weighted by Crippen LogP contribution is -2.55. The first-order valence-electron chi connectivity index (χ1n) is 11.3. The molecule has 8 N–H and O–H groups in total. The molecule has 1 aromatic rings. The van der Waals surface area contributed by atoms with Crippen molar-refractivity contribution >= 4 is 23.7 Å². The third-order valence-electron chi connectivity index (χ3n) is 5.44. The number of hydrogen-bond donors (Lipinski definition) is 6. The Morgan fingerprint density at radius 1 is 1.03 bits per heavy atom. The maximum Gasteiger partial charge on any atom is 0.326 e. The molecule has 0 saturated heterocycles. The molecule has 0 aromatic heterocycles. The van der Waals surface area contributed by atoms with Gasteiger partial charge in [0.2, 0.25) is 17.7 Å². The van der Waals surface area contributed by atoms with Gasteiger partial charge in [-0.05, 0) is 30.9 Å². The molecule has 0 aliphatic carbocycles. The maximum absolute atomic E-state index is 12.9. The molecule has 0 aliphatic rings. The van der Waals surface area contributed by atoms with Crippen molar-refractivity contribution in [3.05, 3.63) is 35.9 Å². The summed E-state index contributed by atoms with van der Waals surface area (Å²) in [6, 6.07) is 6.20. The number of aliphatic carboxylic acids is 1. The molecule has 3 amide bonds. The van der Waals surface area contributed by atoms with E-state index in [9.17, 15) is 24.3 Å². The van der Waals surface area contributed by atoms with E-state index in [0.717, 1.165) is 12.0 Å². The number of carbonyl (C=O) groups excluding carboxylic acids is 3. The van der Waals surface area contributed by atoms with Crippen LogP contribution in [0.1, 0.15) is 45.1 Å². The monoisotopic (exact) mass is 463 g/mol. The van der Waals surface area contributed by atoms with Crippen LogP contribution in [0.5, 0.6) is 0 Å². The van der Waals surface area contributed by atoms with E-state index in [-0.39, 0.29) is 18.9 Å². The smallest absolute Gasteiger partial charge is 0.326 e. The third-order valence-corrected chi connectivity index (χ3v) is 5.44. The summed E-state index contributed by atoms with van der Waals surface area (Å²) in [5.74, 6) is -3.08. The average molecular weight is 464 g/mol. The standard InChI is InChI=1S/C23H37N5O5/c1-3-15(2)20(23(32)33)28-22(31)18(13-16-9-5-4-6-10-16)27-19(29)14-26-21(30)17(25)11-7-8-12-24/h4-6,9-10,15,17-18,20H,3,7-8,11-14,24-25H2,1-2H3,(H,26,30)(H,27,29)(H,28,31)(H,32,33). The van der Waals surface area contributed by atoms with Crippen molar-refractivity contribution in [2.45, 2.75) is 64.1 Å². The molecule has 0 fully saturated rings. The van der Waals surface area contributed by atoms with Gasteiger partial charge in [0.15, 0.2) is 0 Å². The number of carboxylic acid groups (broad SMARTS) is 1. The highest BCUT2D eigenvalue weighted by molar-refractivity contribution is 5.92. The Bertz CT molecular complexity index is 774. The lowest BCUT2D eigenvalue weighted by Gasteiger charge is -2.24. The lowest BCUT2D eigenvalue weighted by atomic mass is 9.98. The van der Waals surface area contributed by atoms with E-state index < -0.39 is 41.8 Å². The van der Waals surface area contributed by atoms with Crippen LogP contribution in [0.3, 0.4) is 0 Å². The molecule has 1 rings (SSSR count). The van der Waals surface area contributed by atoms with Crippen molar-refractivity contribution < 1.29 is 24.3 Å². The summed E-state index contributed by atoms with van der Waals surface area (Å²) < 4.78 is 0. The second-order valence-corrected chi connectivity index (χ2v) is 8.13. The van der Waals surface area contributed by atoms with Gasteiger partial charge in [0.05, 0.1) is 12.6 Å². The van der Waals surface area contributed by atoms with E-state index >= 15 is 0 Å². The van der Waals surface area contributed by atoms with E-state index in [1.165, 1.54) is 0 Å². The second-order valence-electron chi connectivity index (χ2n) is 8.13. The molecule has 10 heteroatoms. The first-order valence-corrected chi connectivity index (χ1v) is 11.3. The number of carbonyl (C=O) groups is 4. The predicted molar refractivity (Wildman–Crippen MR) is 125 cm³/mol. The Kier molecular flexibility index (Phi) is 12.7. The molecular weight excluding hydrogens is 426 g/mol. The van der Waals surface area contributed by atoms with Gasteiger partial charge in [-0.1, -0.05) is 57.0 Å². The number of rotatable bonds is 15. The van der Waals surface area contributed by atoms with Crippen LogP contribution in [-0.4, -0.2) is 60.0 Å². The molecule has 33 heavy (non-hydrogen) atoms. The summed E-state index contributed by atoms with van der Waals surface area (Å²) in [6.45, 7) is 3.73. The van der Waals surface area contributed by atoms with Crippen molar-refractivity contribution in [2.75, 3.05) is 13.1 Å². The number of unbranched alkanes of at least 4 members (excludes halogenated alkanes) is 1. The van der Waals surface area contributed by atoms with Crippen LogP contribution < -0.4 is 27.4 Å². The molecule has 0 spiro atoms. The van der Waals surface area contributed by atoms with Crippen LogP contribution in [0.25, 0.3) is 0 Å². The first-order chi connectivity index (χ1) is 15.7. The van der Waals surface area contributed by atoms with Crippen molar-refractivity contribution in [1.82, 2.24) is 16.0 Å². The first kappa shape index (κ1) is 28.1. The summed E-state index contributed by atoms with van der Waals surface area (Å²) in [5.41, 5.74) is 12.0. The molecule has 4 atom stereocenters. The summed E-state index contributed by atoms with van der Waals surface area (Å²) >= 11 is 0. The van der Waals surface area contributed by atoms with Crippen molar-refractivity contribution in [2.24, 2.45) is 17.4 Å². The quantitative estimate of drug-likeness (QED) is 0.197.